The van der Waals surface area contributed by atoms with Crippen molar-refractivity contribution in [1.82, 2.24) is 34.4 Å². The average molecular weight is 337 g/mol. The second-order valence-electron chi connectivity index (χ2n) is 6.65. The Kier molecular flexibility index (Phi) is 4.56. The first kappa shape index (κ1) is 16.0. The second-order valence-corrected chi connectivity index (χ2v) is 6.65. The van der Waals surface area contributed by atoms with E-state index in [2.05, 4.69) is 42.9 Å². The standard InChI is InChI=1S/C18H23N7/c1-23-17(14-25-9-3-8-20-25)21-22-18(23)16-5-10-24(11-6-16)13-15-4-2-7-19-12-15/h2-4,7-9,12,16H,5-6,10-11,13-14H2,1H3. The van der Waals surface area contributed by atoms with Gasteiger partial charge in [0.15, 0.2) is 5.82 Å². The van der Waals surface area contributed by atoms with Gasteiger partial charge in [-0.05, 0) is 43.6 Å². The Morgan fingerprint density at radius 1 is 1.08 bits per heavy atom. The summed E-state index contributed by atoms with van der Waals surface area (Å²) in [4.78, 5) is 6.70. The highest BCUT2D eigenvalue weighted by molar-refractivity contribution is 5.09. The van der Waals surface area contributed by atoms with Crippen LogP contribution in [0.3, 0.4) is 0 Å². The van der Waals surface area contributed by atoms with Crippen molar-refractivity contribution in [2.45, 2.75) is 31.8 Å². The van der Waals surface area contributed by atoms with Crippen LogP contribution in [0.5, 0.6) is 0 Å². The molecular weight excluding hydrogens is 314 g/mol. The molecule has 4 rings (SSSR count). The van der Waals surface area contributed by atoms with Gasteiger partial charge in [0.25, 0.3) is 0 Å². The highest BCUT2D eigenvalue weighted by atomic mass is 15.3. The summed E-state index contributed by atoms with van der Waals surface area (Å²) >= 11 is 0. The lowest BCUT2D eigenvalue weighted by molar-refractivity contribution is 0.200. The van der Waals surface area contributed by atoms with E-state index in [0.717, 1.165) is 44.1 Å². The Labute approximate surface area is 147 Å². The summed E-state index contributed by atoms with van der Waals surface area (Å²) in [5.74, 6) is 2.54. The van der Waals surface area contributed by atoms with Crippen LogP contribution in [0.1, 0.15) is 36.0 Å². The van der Waals surface area contributed by atoms with Gasteiger partial charge in [-0.25, -0.2) is 0 Å². The molecule has 25 heavy (non-hydrogen) atoms. The van der Waals surface area contributed by atoms with Gasteiger partial charge in [0.1, 0.15) is 12.4 Å². The maximum atomic E-state index is 4.47. The Balaban J connectivity index is 1.37. The van der Waals surface area contributed by atoms with Crippen LogP contribution in [0.4, 0.5) is 0 Å². The lowest BCUT2D eigenvalue weighted by atomic mass is 9.95. The van der Waals surface area contributed by atoms with Crippen LogP contribution >= 0.6 is 0 Å². The number of piperidine rings is 1. The largest absolute Gasteiger partial charge is 0.316 e. The third kappa shape index (κ3) is 3.61. The minimum Gasteiger partial charge on any atom is -0.316 e. The molecule has 7 heteroatoms. The van der Waals surface area contributed by atoms with Gasteiger partial charge in [-0.2, -0.15) is 5.10 Å². The normalized spacial score (nSPS) is 16.4. The van der Waals surface area contributed by atoms with Crippen molar-refractivity contribution >= 4 is 0 Å². The van der Waals surface area contributed by atoms with Crippen molar-refractivity contribution in [2.24, 2.45) is 7.05 Å². The molecule has 4 heterocycles. The van der Waals surface area contributed by atoms with Gasteiger partial charge in [0.2, 0.25) is 0 Å². The Morgan fingerprint density at radius 2 is 1.96 bits per heavy atom. The van der Waals surface area contributed by atoms with E-state index in [1.165, 1.54) is 5.56 Å². The quantitative estimate of drug-likeness (QED) is 0.711. The molecule has 1 saturated heterocycles. The minimum absolute atomic E-state index is 0.481. The van der Waals surface area contributed by atoms with E-state index in [1.807, 2.05) is 35.4 Å². The van der Waals surface area contributed by atoms with Gasteiger partial charge >= 0.3 is 0 Å². The van der Waals surface area contributed by atoms with E-state index >= 15 is 0 Å². The molecule has 1 fully saturated rings. The maximum absolute atomic E-state index is 4.47. The number of rotatable bonds is 5. The Morgan fingerprint density at radius 3 is 2.68 bits per heavy atom. The van der Waals surface area contributed by atoms with Crippen molar-refractivity contribution in [1.29, 1.82) is 0 Å². The topological polar surface area (TPSA) is 64.7 Å². The molecule has 1 aliphatic heterocycles. The van der Waals surface area contributed by atoms with Crippen molar-refractivity contribution in [3.05, 3.63) is 60.2 Å². The van der Waals surface area contributed by atoms with E-state index in [4.69, 9.17) is 0 Å². The Hall–Kier alpha value is -2.54. The zero-order valence-electron chi connectivity index (χ0n) is 14.5. The van der Waals surface area contributed by atoms with Crippen LogP contribution in [0.2, 0.25) is 0 Å². The summed E-state index contributed by atoms with van der Waals surface area (Å²) < 4.78 is 4.02. The summed E-state index contributed by atoms with van der Waals surface area (Å²) in [6.45, 7) is 3.81. The molecule has 0 radical (unpaired) electrons. The molecule has 7 nitrogen and oxygen atoms in total. The molecule has 130 valence electrons. The van der Waals surface area contributed by atoms with Crippen molar-refractivity contribution in [3.63, 3.8) is 0 Å². The van der Waals surface area contributed by atoms with Gasteiger partial charge in [-0.1, -0.05) is 6.07 Å². The molecule has 3 aromatic heterocycles. The number of likely N-dealkylation sites (tertiary alicyclic amines) is 1. The zero-order valence-corrected chi connectivity index (χ0v) is 14.5. The minimum atomic E-state index is 0.481. The number of nitrogens with zero attached hydrogens (tertiary/aromatic N) is 7. The average Bonchev–Trinajstić information content (AvgIpc) is 3.28. The molecule has 0 aromatic carbocycles. The summed E-state index contributed by atoms with van der Waals surface area (Å²) in [5, 5.41) is 13.1. The van der Waals surface area contributed by atoms with E-state index in [0.29, 0.717) is 12.5 Å². The first-order chi connectivity index (χ1) is 12.3. The highest BCUT2D eigenvalue weighted by Gasteiger charge is 2.25. The molecule has 0 atom stereocenters. The molecule has 1 aliphatic rings. The number of pyridine rings is 1. The van der Waals surface area contributed by atoms with Crippen LogP contribution < -0.4 is 0 Å². The maximum Gasteiger partial charge on any atom is 0.154 e. The van der Waals surface area contributed by atoms with Crippen LogP contribution in [-0.2, 0) is 20.1 Å². The predicted octanol–water partition coefficient (Wildman–Crippen LogP) is 1.83. The van der Waals surface area contributed by atoms with Crippen LogP contribution in [0.15, 0.2) is 43.0 Å². The van der Waals surface area contributed by atoms with Gasteiger partial charge in [-0.3, -0.25) is 14.6 Å². The molecule has 3 aromatic rings. The van der Waals surface area contributed by atoms with Gasteiger partial charge in [0.05, 0.1) is 0 Å². The summed E-state index contributed by atoms with van der Waals surface area (Å²) in [6, 6.07) is 6.07. The molecule has 0 amide bonds. The fourth-order valence-electron chi connectivity index (χ4n) is 3.51. The van der Waals surface area contributed by atoms with E-state index < -0.39 is 0 Å². The van der Waals surface area contributed by atoms with Gasteiger partial charge in [-0.15, -0.1) is 10.2 Å². The molecule has 0 bridgehead atoms. The molecule has 0 spiro atoms. The van der Waals surface area contributed by atoms with Crippen molar-refractivity contribution in [3.8, 4) is 0 Å². The van der Waals surface area contributed by atoms with E-state index in [-0.39, 0.29) is 0 Å². The third-order valence-electron chi connectivity index (χ3n) is 4.94. The second kappa shape index (κ2) is 7.14. The van der Waals surface area contributed by atoms with Crippen LogP contribution in [0.25, 0.3) is 0 Å². The lowest BCUT2D eigenvalue weighted by Gasteiger charge is -2.31. The highest BCUT2D eigenvalue weighted by Crippen LogP contribution is 2.27. The van der Waals surface area contributed by atoms with Gasteiger partial charge < -0.3 is 4.57 Å². The van der Waals surface area contributed by atoms with Crippen LogP contribution in [0, 0.1) is 0 Å². The fourth-order valence-corrected chi connectivity index (χ4v) is 3.51. The van der Waals surface area contributed by atoms with E-state index in [1.54, 1.807) is 6.20 Å². The molecular formula is C18H23N7. The van der Waals surface area contributed by atoms with Crippen LogP contribution in [-0.4, -0.2) is 47.5 Å². The third-order valence-corrected chi connectivity index (χ3v) is 4.94. The SMILES string of the molecule is Cn1c(Cn2cccn2)nnc1C1CCN(Cc2cccnc2)CC1. The summed E-state index contributed by atoms with van der Waals surface area (Å²) in [5.41, 5.74) is 1.28. The van der Waals surface area contributed by atoms with Crippen molar-refractivity contribution < 1.29 is 0 Å². The summed E-state index contributed by atoms with van der Waals surface area (Å²) in [6.07, 6.45) is 9.75. The lowest BCUT2D eigenvalue weighted by Crippen LogP contribution is -2.33. The number of hydrogen-bond donors (Lipinski definition) is 0. The van der Waals surface area contributed by atoms with E-state index in [9.17, 15) is 0 Å². The number of hydrogen-bond acceptors (Lipinski definition) is 5. The van der Waals surface area contributed by atoms with Crippen molar-refractivity contribution in [2.75, 3.05) is 13.1 Å². The molecule has 0 unspecified atom stereocenters. The zero-order chi connectivity index (χ0) is 17.1. The smallest absolute Gasteiger partial charge is 0.154 e. The fraction of sp³-hybridized carbons (Fsp3) is 0.444. The molecule has 0 aliphatic carbocycles. The number of aromatic nitrogens is 6. The predicted molar refractivity (Wildman–Crippen MR) is 93.8 cm³/mol. The first-order valence-electron chi connectivity index (χ1n) is 8.76. The summed E-state index contributed by atoms with van der Waals surface area (Å²) in [7, 11) is 2.07. The Bertz CT molecular complexity index is 786. The monoisotopic (exact) mass is 337 g/mol. The molecule has 0 N–H and O–H groups in total. The molecule has 0 saturated carbocycles. The van der Waals surface area contributed by atoms with Gasteiger partial charge in [0, 0.05) is 44.3 Å². The first-order valence-corrected chi connectivity index (χ1v) is 8.76.